The Morgan fingerprint density at radius 2 is 2.30 bits per heavy atom. The number of thiazole rings is 1. The smallest absolute Gasteiger partial charge is 0.242 e. The molecule has 5 heteroatoms. The fourth-order valence-corrected chi connectivity index (χ4v) is 3.89. The molecule has 1 saturated carbocycles. The van der Waals surface area contributed by atoms with Crippen LogP contribution in [-0.4, -0.2) is 34.4 Å². The number of aromatic nitrogens is 1. The van der Waals surface area contributed by atoms with Crippen molar-refractivity contribution in [3.63, 3.8) is 0 Å². The third kappa shape index (κ3) is 2.61. The molecule has 110 valence electrons. The van der Waals surface area contributed by atoms with Gasteiger partial charge in [-0.05, 0) is 31.6 Å². The van der Waals surface area contributed by atoms with E-state index in [0.717, 1.165) is 38.8 Å². The van der Waals surface area contributed by atoms with E-state index in [1.165, 1.54) is 10.7 Å². The first-order chi connectivity index (χ1) is 9.49. The third-order valence-corrected chi connectivity index (χ3v) is 5.43. The first-order valence-corrected chi connectivity index (χ1v) is 8.41. The standard InChI is InChI=1S/C15H23N3OS/c1-10(2)12-9-20-13(17-12)11-4-3-7-18(8-11)14(19)15(16)5-6-15/h9-11H,3-8,16H2,1-2H3. The Balaban J connectivity index is 1.69. The average Bonchev–Trinajstić information content (AvgIpc) is 3.01. The fourth-order valence-electron chi connectivity index (χ4n) is 2.78. The fraction of sp³-hybridized carbons (Fsp3) is 0.733. The quantitative estimate of drug-likeness (QED) is 0.931. The summed E-state index contributed by atoms with van der Waals surface area (Å²) in [6, 6.07) is 0. The second-order valence-corrected chi connectivity index (χ2v) is 7.40. The molecule has 0 radical (unpaired) electrons. The van der Waals surface area contributed by atoms with E-state index in [1.54, 1.807) is 11.3 Å². The van der Waals surface area contributed by atoms with Gasteiger partial charge in [0.05, 0.1) is 16.2 Å². The number of amides is 1. The Bertz CT molecular complexity index is 507. The molecule has 4 nitrogen and oxygen atoms in total. The third-order valence-electron chi connectivity index (χ3n) is 4.40. The molecule has 0 spiro atoms. The van der Waals surface area contributed by atoms with Gasteiger partial charge in [-0.3, -0.25) is 4.79 Å². The number of carbonyl (C=O) groups excluding carboxylic acids is 1. The van der Waals surface area contributed by atoms with E-state index in [0.29, 0.717) is 11.8 Å². The molecular formula is C15H23N3OS. The molecule has 2 aliphatic rings. The van der Waals surface area contributed by atoms with Gasteiger partial charge in [0, 0.05) is 24.4 Å². The molecule has 1 saturated heterocycles. The number of likely N-dealkylation sites (tertiary alicyclic amines) is 1. The van der Waals surface area contributed by atoms with Crippen molar-refractivity contribution in [3.8, 4) is 0 Å². The van der Waals surface area contributed by atoms with Crippen molar-refractivity contribution < 1.29 is 4.79 Å². The maximum atomic E-state index is 12.4. The zero-order valence-corrected chi connectivity index (χ0v) is 13.1. The Morgan fingerprint density at radius 3 is 2.90 bits per heavy atom. The van der Waals surface area contributed by atoms with Crippen molar-refractivity contribution in [3.05, 3.63) is 16.1 Å². The zero-order chi connectivity index (χ0) is 14.3. The van der Waals surface area contributed by atoms with Gasteiger partial charge in [0.25, 0.3) is 0 Å². The minimum absolute atomic E-state index is 0.155. The first-order valence-electron chi connectivity index (χ1n) is 7.53. The van der Waals surface area contributed by atoms with E-state index < -0.39 is 5.54 Å². The zero-order valence-electron chi connectivity index (χ0n) is 12.3. The van der Waals surface area contributed by atoms with Gasteiger partial charge in [0.2, 0.25) is 5.91 Å². The highest BCUT2D eigenvalue weighted by Crippen LogP contribution is 2.37. The van der Waals surface area contributed by atoms with Gasteiger partial charge < -0.3 is 10.6 Å². The lowest BCUT2D eigenvalue weighted by Gasteiger charge is -2.33. The van der Waals surface area contributed by atoms with Gasteiger partial charge in [-0.2, -0.15) is 0 Å². The van der Waals surface area contributed by atoms with E-state index >= 15 is 0 Å². The topological polar surface area (TPSA) is 59.2 Å². The highest BCUT2D eigenvalue weighted by atomic mass is 32.1. The van der Waals surface area contributed by atoms with E-state index in [2.05, 4.69) is 19.2 Å². The van der Waals surface area contributed by atoms with Crippen LogP contribution in [0.3, 0.4) is 0 Å². The number of hydrogen-bond donors (Lipinski definition) is 1. The van der Waals surface area contributed by atoms with Gasteiger partial charge >= 0.3 is 0 Å². The molecule has 1 atom stereocenters. The van der Waals surface area contributed by atoms with Gasteiger partial charge in [-0.15, -0.1) is 11.3 Å². The van der Waals surface area contributed by atoms with Gasteiger partial charge in [0.1, 0.15) is 0 Å². The van der Waals surface area contributed by atoms with Crippen molar-refractivity contribution in [1.82, 2.24) is 9.88 Å². The van der Waals surface area contributed by atoms with Crippen LogP contribution < -0.4 is 5.73 Å². The predicted octanol–water partition coefficient (Wildman–Crippen LogP) is 2.46. The summed E-state index contributed by atoms with van der Waals surface area (Å²) in [6.07, 6.45) is 3.89. The number of piperidine rings is 1. The molecule has 1 aromatic heterocycles. The number of nitrogens with zero attached hydrogens (tertiary/aromatic N) is 2. The van der Waals surface area contributed by atoms with Crippen molar-refractivity contribution in [2.24, 2.45) is 5.73 Å². The summed E-state index contributed by atoms with van der Waals surface area (Å²) >= 11 is 1.74. The summed E-state index contributed by atoms with van der Waals surface area (Å²) in [4.78, 5) is 19.1. The van der Waals surface area contributed by atoms with Crippen LogP contribution in [0.4, 0.5) is 0 Å². The van der Waals surface area contributed by atoms with Gasteiger partial charge in [0.15, 0.2) is 0 Å². The summed E-state index contributed by atoms with van der Waals surface area (Å²) in [5, 5.41) is 3.35. The van der Waals surface area contributed by atoms with Crippen molar-refractivity contribution >= 4 is 17.2 Å². The Morgan fingerprint density at radius 1 is 1.55 bits per heavy atom. The highest BCUT2D eigenvalue weighted by Gasteiger charge is 2.48. The maximum Gasteiger partial charge on any atom is 0.242 e. The van der Waals surface area contributed by atoms with Crippen LogP contribution in [0.25, 0.3) is 0 Å². The van der Waals surface area contributed by atoms with Crippen LogP contribution in [-0.2, 0) is 4.79 Å². The molecule has 1 aromatic rings. The van der Waals surface area contributed by atoms with E-state index in [-0.39, 0.29) is 5.91 Å². The first kappa shape index (κ1) is 14.0. The summed E-state index contributed by atoms with van der Waals surface area (Å²) < 4.78 is 0. The second-order valence-electron chi connectivity index (χ2n) is 6.51. The van der Waals surface area contributed by atoms with Gasteiger partial charge in [-0.25, -0.2) is 4.98 Å². The number of carbonyl (C=O) groups is 1. The molecular weight excluding hydrogens is 270 g/mol. The summed E-state index contributed by atoms with van der Waals surface area (Å²) in [5.74, 6) is 1.02. The minimum atomic E-state index is -0.534. The average molecular weight is 293 g/mol. The minimum Gasteiger partial charge on any atom is -0.340 e. The Kier molecular flexibility index (Phi) is 3.58. The summed E-state index contributed by atoms with van der Waals surface area (Å²) in [7, 11) is 0. The molecule has 1 aliphatic carbocycles. The van der Waals surface area contributed by atoms with Crippen LogP contribution in [0.1, 0.15) is 62.1 Å². The molecule has 0 bridgehead atoms. The lowest BCUT2D eigenvalue weighted by Crippen LogP contribution is -2.49. The summed E-state index contributed by atoms with van der Waals surface area (Å²) in [5.41, 5.74) is 6.68. The molecule has 1 amide bonds. The second kappa shape index (κ2) is 5.11. The number of hydrogen-bond acceptors (Lipinski definition) is 4. The van der Waals surface area contributed by atoms with Crippen molar-refractivity contribution in [2.45, 2.75) is 56.9 Å². The van der Waals surface area contributed by atoms with Crippen molar-refractivity contribution in [2.75, 3.05) is 13.1 Å². The highest BCUT2D eigenvalue weighted by molar-refractivity contribution is 7.09. The van der Waals surface area contributed by atoms with Crippen LogP contribution in [0.15, 0.2) is 5.38 Å². The number of nitrogens with two attached hydrogens (primary N) is 1. The maximum absolute atomic E-state index is 12.4. The van der Waals surface area contributed by atoms with Crippen LogP contribution in [0.2, 0.25) is 0 Å². The Labute approximate surface area is 124 Å². The van der Waals surface area contributed by atoms with Crippen LogP contribution >= 0.6 is 11.3 Å². The monoisotopic (exact) mass is 293 g/mol. The molecule has 1 unspecified atom stereocenters. The molecule has 2 fully saturated rings. The SMILES string of the molecule is CC(C)c1csc(C2CCCN(C(=O)C3(N)CC3)C2)n1. The normalized spacial score (nSPS) is 25.0. The van der Waals surface area contributed by atoms with E-state index in [1.807, 2.05) is 4.90 Å². The number of rotatable bonds is 3. The van der Waals surface area contributed by atoms with Crippen molar-refractivity contribution in [1.29, 1.82) is 0 Å². The predicted molar refractivity (Wildman–Crippen MR) is 80.9 cm³/mol. The molecule has 20 heavy (non-hydrogen) atoms. The largest absolute Gasteiger partial charge is 0.340 e. The van der Waals surface area contributed by atoms with E-state index in [4.69, 9.17) is 10.7 Å². The van der Waals surface area contributed by atoms with Crippen LogP contribution in [0.5, 0.6) is 0 Å². The lowest BCUT2D eigenvalue weighted by molar-refractivity contribution is -0.134. The molecule has 1 aliphatic heterocycles. The lowest BCUT2D eigenvalue weighted by atomic mass is 9.97. The molecule has 3 rings (SSSR count). The summed E-state index contributed by atoms with van der Waals surface area (Å²) in [6.45, 7) is 5.99. The van der Waals surface area contributed by atoms with E-state index in [9.17, 15) is 4.79 Å². The van der Waals surface area contributed by atoms with Crippen LogP contribution in [0, 0.1) is 0 Å². The molecule has 0 aromatic carbocycles. The molecule has 2 heterocycles. The molecule has 2 N–H and O–H groups in total. The van der Waals surface area contributed by atoms with Gasteiger partial charge in [-0.1, -0.05) is 13.8 Å². The Hall–Kier alpha value is -0.940.